The molecule has 1 N–H and O–H groups in total. The molecule has 0 radical (unpaired) electrons. The Balaban J connectivity index is 1.59. The van der Waals surface area contributed by atoms with Gasteiger partial charge in [-0.15, -0.1) is 0 Å². The number of hydrogen-bond acceptors (Lipinski definition) is 5. The van der Waals surface area contributed by atoms with Crippen molar-refractivity contribution in [2.75, 3.05) is 11.5 Å². The van der Waals surface area contributed by atoms with Crippen LogP contribution in [0.2, 0.25) is 0 Å². The van der Waals surface area contributed by atoms with E-state index < -0.39 is 9.84 Å². The van der Waals surface area contributed by atoms with Crippen molar-refractivity contribution in [1.82, 2.24) is 15.1 Å². The summed E-state index contributed by atoms with van der Waals surface area (Å²) < 4.78 is 28.3. The first-order chi connectivity index (χ1) is 10.6. The lowest BCUT2D eigenvalue weighted by Crippen LogP contribution is -2.07. The second kappa shape index (κ2) is 4.95. The van der Waals surface area contributed by atoms with Crippen LogP contribution in [0, 0.1) is 5.92 Å². The van der Waals surface area contributed by atoms with Gasteiger partial charge in [0, 0.05) is 29.1 Å². The summed E-state index contributed by atoms with van der Waals surface area (Å²) in [6.45, 7) is 0. The molecule has 0 amide bonds. The molecule has 1 aromatic carbocycles. The van der Waals surface area contributed by atoms with Crippen LogP contribution >= 0.6 is 0 Å². The van der Waals surface area contributed by atoms with Crippen LogP contribution in [0.3, 0.4) is 0 Å². The largest absolute Gasteiger partial charge is 0.360 e. The summed E-state index contributed by atoms with van der Waals surface area (Å²) in [5, 5.41) is 5.07. The topological polar surface area (TPSA) is 88.9 Å². The van der Waals surface area contributed by atoms with E-state index in [9.17, 15) is 8.42 Å². The predicted octanol–water partition coefficient (Wildman–Crippen LogP) is 2.20. The van der Waals surface area contributed by atoms with Gasteiger partial charge in [0.1, 0.15) is 0 Å². The van der Waals surface area contributed by atoms with Gasteiger partial charge in [-0.2, -0.15) is 4.98 Å². The van der Waals surface area contributed by atoms with Crippen molar-refractivity contribution in [3.05, 3.63) is 36.4 Å². The van der Waals surface area contributed by atoms with E-state index in [-0.39, 0.29) is 17.4 Å². The number of sulfone groups is 1. The highest BCUT2D eigenvalue weighted by Gasteiger charge is 2.29. The molecule has 1 fully saturated rings. The molecule has 3 heterocycles. The summed E-state index contributed by atoms with van der Waals surface area (Å²) in [7, 11) is -2.88. The van der Waals surface area contributed by atoms with Crippen LogP contribution in [0.4, 0.5) is 0 Å². The van der Waals surface area contributed by atoms with Gasteiger partial charge < -0.3 is 9.51 Å². The first kappa shape index (κ1) is 13.5. The number of aromatic nitrogens is 3. The van der Waals surface area contributed by atoms with E-state index in [0.29, 0.717) is 24.6 Å². The Labute approximate surface area is 127 Å². The molecule has 1 aliphatic heterocycles. The number of para-hydroxylation sites is 1. The first-order valence-corrected chi connectivity index (χ1v) is 9.02. The van der Waals surface area contributed by atoms with Crippen molar-refractivity contribution < 1.29 is 12.9 Å². The van der Waals surface area contributed by atoms with Gasteiger partial charge in [-0.1, -0.05) is 23.4 Å². The van der Waals surface area contributed by atoms with Crippen molar-refractivity contribution in [3.8, 4) is 11.4 Å². The van der Waals surface area contributed by atoms with Gasteiger partial charge >= 0.3 is 0 Å². The minimum absolute atomic E-state index is 0.0845. The monoisotopic (exact) mass is 317 g/mol. The maximum atomic E-state index is 11.5. The number of rotatable bonds is 3. The highest BCUT2D eigenvalue weighted by Crippen LogP contribution is 2.27. The second-order valence-electron chi connectivity index (χ2n) is 5.73. The minimum atomic E-state index is -2.88. The number of fused-ring (bicyclic) bond motifs is 1. The highest BCUT2D eigenvalue weighted by atomic mass is 32.2. The maximum Gasteiger partial charge on any atom is 0.227 e. The summed E-state index contributed by atoms with van der Waals surface area (Å²) in [5.74, 6) is 1.61. The summed E-state index contributed by atoms with van der Waals surface area (Å²) >= 11 is 0. The lowest BCUT2D eigenvalue weighted by atomic mass is 10.1. The molecule has 1 atom stereocenters. The highest BCUT2D eigenvalue weighted by molar-refractivity contribution is 7.91. The third kappa shape index (κ3) is 2.41. The van der Waals surface area contributed by atoms with Crippen molar-refractivity contribution in [3.63, 3.8) is 0 Å². The normalized spacial score (nSPS) is 20.6. The zero-order valence-electron chi connectivity index (χ0n) is 11.8. The van der Waals surface area contributed by atoms with Crippen LogP contribution in [0.25, 0.3) is 22.3 Å². The fraction of sp³-hybridized carbons (Fsp3) is 0.333. The number of H-pyrrole nitrogens is 1. The zero-order chi connectivity index (χ0) is 15.2. The summed E-state index contributed by atoms with van der Waals surface area (Å²) in [6.07, 6.45) is 3.06. The molecule has 0 aliphatic carbocycles. The van der Waals surface area contributed by atoms with Crippen molar-refractivity contribution in [2.45, 2.75) is 12.8 Å². The Morgan fingerprint density at radius 2 is 2.18 bits per heavy atom. The van der Waals surface area contributed by atoms with Gasteiger partial charge in [0.25, 0.3) is 0 Å². The van der Waals surface area contributed by atoms with E-state index >= 15 is 0 Å². The summed E-state index contributed by atoms with van der Waals surface area (Å²) in [4.78, 5) is 7.60. The Kier molecular flexibility index (Phi) is 3.04. The Morgan fingerprint density at radius 3 is 3.00 bits per heavy atom. The quantitative estimate of drug-likeness (QED) is 0.800. The molecular formula is C15H15N3O3S. The molecule has 3 aromatic rings. The average molecular weight is 317 g/mol. The Bertz CT molecular complexity index is 926. The van der Waals surface area contributed by atoms with Gasteiger partial charge in [0.05, 0.1) is 11.5 Å². The molecule has 2 aromatic heterocycles. The fourth-order valence-corrected chi connectivity index (χ4v) is 4.85. The standard InChI is InChI=1S/C15H15N3O3S/c19-22(20)6-5-10(9-22)7-14-17-15(18-21-14)12-8-16-13-4-2-1-3-11(12)13/h1-4,8,10,16H,5-7,9H2/t10-/m0/s1. The smallest absolute Gasteiger partial charge is 0.227 e. The Hall–Kier alpha value is -2.15. The van der Waals surface area contributed by atoms with E-state index in [2.05, 4.69) is 15.1 Å². The fourth-order valence-electron chi connectivity index (χ4n) is 2.98. The SMILES string of the molecule is O=S1(=O)CC[C@@H](Cc2nc(-c3c[nH]c4ccccc34)no2)C1. The molecule has 1 saturated heterocycles. The van der Waals surface area contributed by atoms with Crippen LogP contribution in [-0.2, 0) is 16.3 Å². The third-order valence-electron chi connectivity index (χ3n) is 4.09. The number of aromatic amines is 1. The first-order valence-electron chi connectivity index (χ1n) is 7.20. The summed E-state index contributed by atoms with van der Waals surface area (Å²) in [5.41, 5.74) is 1.91. The maximum absolute atomic E-state index is 11.5. The summed E-state index contributed by atoms with van der Waals surface area (Å²) in [6, 6.07) is 7.92. The molecule has 0 spiro atoms. The molecule has 0 unspecified atom stereocenters. The van der Waals surface area contributed by atoms with Crippen LogP contribution in [-0.4, -0.2) is 35.0 Å². The number of benzene rings is 1. The van der Waals surface area contributed by atoms with Gasteiger partial charge in [0.15, 0.2) is 9.84 Å². The van der Waals surface area contributed by atoms with Crippen molar-refractivity contribution in [1.29, 1.82) is 0 Å². The van der Waals surface area contributed by atoms with Crippen molar-refractivity contribution >= 4 is 20.7 Å². The number of nitrogens with one attached hydrogen (secondary N) is 1. The van der Waals surface area contributed by atoms with Gasteiger partial charge in [-0.25, -0.2) is 8.42 Å². The third-order valence-corrected chi connectivity index (χ3v) is 5.93. The zero-order valence-corrected chi connectivity index (χ0v) is 12.6. The Morgan fingerprint density at radius 1 is 1.32 bits per heavy atom. The van der Waals surface area contributed by atoms with Crippen LogP contribution in [0.5, 0.6) is 0 Å². The van der Waals surface area contributed by atoms with Crippen LogP contribution in [0.1, 0.15) is 12.3 Å². The molecule has 7 heteroatoms. The molecule has 6 nitrogen and oxygen atoms in total. The number of hydrogen-bond donors (Lipinski definition) is 1. The van der Waals surface area contributed by atoms with Crippen molar-refractivity contribution in [2.24, 2.45) is 5.92 Å². The lowest BCUT2D eigenvalue weighted by molar-refractivity contribution is 0.359. The van der Waals surface area contributed by atoms with E-state index in [1.165, 1.54) is 0 Å². The second-order valence-corrected chi connectivity index (χ2v) is 7.96. The molecule has 114 valence electrons. The van der Waals surface area contributed by atoms with E-state index in [0.717, 1.165) is 16.5 Å². The van der Waals surface area contributed by atoms with Gasteiger partial charge in [-0.05, 0) is 18.4 Å². The molecular weight excluding hydrogens is 302 g/mol. The van der Waals surface area contributed by atoms with E-state index in [1.807, 2.05) is 30.5 Å². The average Bonchev–Trinajstić information content (AvgIpc) is 3.17. The van der Waals surface area contributed by atoms with E-state index in [1.54, 1.807) is 0 Å². The number of nitrogens with zero attached hydrogens (tertiary/aromatic N) is 2. The molecule has 0 saturated carbocycles. The van der Waals surface area contributed by atoms with Gasteiger partial charge in [0.2, 0.25) is 11.7 Å². The van der Waals surface area contributed by atoms with Crippen LogP contribution < -0.4 is 0 Å². The minimum Gasteiger partial charge on any atom is -0.360 e. The van der Waals surface area contributed by atoms with Crippen LogP contribution in [0.15, 0.2) is 35.0 Å². The molecule has 4 rings (SSSR count). The molecule has 1 aliphatic rings. The predicted molar refractivity (Wildman–Crippen MR) is 82.1 cm³/mol. The van der Waals surface area contributed by atoms with Gasteiger partial charge in [-0.3, -0.25) is 0 Å². The molecule has 0 bridgehead atoms. The molecule has 22 heavy (non-hydrogen) atoms. The van der Waals surface area contributed by atoms with E-state index in [4.69, 9.17) is 4.52 Å². The lowest BCUT2D eigenvalue weighted by Gasteiger charge is -2.01.